The van der Waals surface area contributed by atoms with E-state index in [0.717, 1.165) is 12.8 Å². The van der Waals surface area contributed by atoms with E-state index in [1.165, 1.54) is 24.8 Å². The lowest BCUT2D eigenvalue weighted by molar-refractivity contribution is -0.142. The second-order valence-corrected chi connectivity index (χ2v) is 6.52. The van der Waals surface area contributed by atoms with Crippen LogP contribution in [0.1, 0.15) is 53.9 Å². The van der Waals surface area contributed by atoms with Crippen molar-refractivity contribution in [2.45, 2.75) is 44.1 Å². The summed E-state index contributed by atoms with van der Waals surface area (Å²) in [4.78, 5) is 23.8. The Morgan fingerprint density at radius 1 is 1.13 bits per heavy atom. The normalized spacial score (nSPS) is 22.9. The third kappa shape index (κ3) is 3.72. The number of carbonyl (C=O) groups is 2. The Kier molecular flexibility index (Phi) is 4.96. The molecule has 0 bridgehead atoms. The summed E-state index contributed by atoms with van der Waals surface area (Å²) in [5.74, 6) is -0.874. The molecule has 23 heavy (non-hydrogen) atoms. The van der Waals surface area contributed by atoms with Crippen molar-refractivity contribution in [1.29, 1.82) is 0 Å². The molecular formula is C18H23NO4. The van der Waals surface area contributed by atoms with Gasteiger partial charge in [-0.05, 0) is 49.3 Å². The van der Waals surface area contributed by atoms with Crippen molar-refractivity contribution in [2.24, 2.45) is 5.92 Å². The Bertz CT molecular complexity index is 559. The summed E-state index contributed by atoms with van der Waals surface area (Å²) in [6.45, 7) is 1.05. The van der Waals surface area contributed by atoms with Crippen LogP contribution >= 0.6 is 0 Å². The number of aliphatic carboxylic acids is 1. The highest BCUT2D eigenvalue weighted by Gasteiger charge is 2.31. The molecule has 5 nitrogen and oxygen atoms in total. The molecule has 1 aliphatic heterocycles. The lowest BCUT2D eigenvalue weighted by Crippen LogP contribution is -2.48. The predicted molar refractivity (Wildman–Crippen MR) is 85.5 cm³/mol. The van der Waals surface area contributed by atoms with Crippen molar-refractivity contribution >= 4 is 11.9 Å². The number of hydrogen-bond donors (Lipinski definition) is 2. The molecule has 2 fully saturated rings. The molecule has 0 spiro atoms. The first-order chi connectivity index (χ1) is 11.1. The van der Waals surface area contributed by atoms with E-state index in [1.807, 2.05) is 12.1 Å². The molecule has 2 aliphatic rings. The van der Waals surface area contributed by atoms with Crippen LogP contribution in [0, 0.1) is 5.92 Å². The van der Waals surface area contributed by atoms with E-state index >= 15 is 0 Å². The van der Waals surface area contributed by atoms with E-state index in [2.05, 4.69) is 5.32 Å². The lowest BCUT2D eigenvalue weighted by atomic mass is 9.80. The summed E-state index contributed by atoms with van der Waals surface area (Å²) in [5.41, 5.74) is 1.78. The number of nitrogens with one attached hydrogen (secondary N) is 1. The van der Waals surface area contributed by atoms with Crippen molar-refractivity contribution in [3.63, 3.8) is 0 Å². The van der Waals surface area contributed by atoms with Gasteiger partial charge in [-0.2, -0.15) is 0 Å². The van der Waals surface area contributed by atoms with E-state index in [9.17, 15) is 14.7 Å². The lowest BCUT2D eigenvalue weighted by Gasteiger charge is -2.28. The number of carboxylic acids is 1. The molecule has 1 saturated heterocycles. The monoisotopic (exact) mass is 317 g/mol. The standard InChI is InChI=1S/C18H23NO4/c20-17(14-8-6-13(7-9-14)12-3-1-4-12)19-16(18(21)22)15-5-2-10-23-11-15/h6-9,12,15-16H,1-5,10-11H2,(H,19,20)(H,21,22)/t15-,16-/m0/s1. The van der Waals surface area contributed by atoms with Gasteiger partial charge < -0.3 is 15.2 Å². The molecule has 0 aromatic heterocycles. The van der Waals surface area contributed by atoms with E-state index in [1.54, 1.807) is 12.1 Å². The van der Waals surface area contributed by atoms with Crippen LogP contribution in [0.3, 0.4) is 0 Å². The van der Waals surface area contributed by atoms with Crippen LogP contribution in [0.15, 0.2) is 24.3 Å². The van der Waals surface area contributed by atoms with E-state index in [0.29, 0.717) is 24.7 Å². The van der Waals surface area contributed by atoms with Crippen molar-refractivity contribution in [1.82, 2.24) is 5.32 Å². The SMILES string of the molecule is O=C(N[C@H](C(=O)O)[C@H]1CCCOC1)c1ccc(C2CCC2)cc1. The quantitative estimate of drug-likeness (QED) is 0.875. The highest BCUT2D eigenvalue weighted by Crippen LogP contribution is 2.36. The maximum absolute atomic E-state index is 12.4. The van der Waals surface area contributed by atoms with Gasteiger partial charge in [0.15, 0.2) is 0 Å². The second-order valence-electron chi connectivity index (χ2n) is 6.52. The maximum Gasteiger partial charge on any atom is 0.326 e. The Balaban J connectivity index is 1.64. The van der Waals surface area contributed by atoms with Gasteiger partial charge >= 0.3 is 5.97 Å². The van der Waals surface area contributed by atoms with Crippen molar-refractivity contribution < 1.29 is 19.4 Å². The maximum atomic E-state index is 12.4. The zero-order chi connectivity index (χ0) is 16.2. The van der Waals surface area contributed by atoms with Crippen LogP contribution in [0.25, 0.3) is 0 Å². The minimum atomic E-state index is -1.00. The number of amides is 1. The van der Waals surface area contributed by atoms with Gasteiger partial charge in [0, 0.05) is 18.1 Å². The number of hydrogen-bond acceptors (Lipinski definition) is 3. The Labute approximate surface area is 136 Å². The fourth-order valence-corrected chi connectivity index (χ4v) is 3.28. The molecule has 1 aromatic carbocycles. The van der Waals surface area contributed by atoms with Crippen LogP contribution in [-0.4, -0.2) is 36.2 Å². The summed E-state index contributed by atoms with van der Waals surface area (Å²) in [5, 5.41) is 12.1. The Hall–Kier alpha value is -1.88. The molecule has 2 N–H and O–H groups in total. The average Bonchev–Trinajstić information content (AvgIpc) is 2.52. The van der Waals surface area contributed by atoms with E-state index in [-0.39, 0.29) is 11.8 Å². The largest absolute Gasteiger partial charge is 0.480 e. The highest BCUT2D eigenvalue weighted by atomic mass is 16.5. The van der Waals surface area contributed by atoms with Crippen molar-refractivity contribution in [3.8, 4) is 0 Å². The number of carbonyl (C=O) groups excluding carboxylic acids is 1. The second kappa shape index (κ2) is 7.13. The first kappa shape index (κ1) is 16.0. The molecule has 0 unspecified atom stereocenters. The molecule has 5 heteroatoms. The van der Waals surface area contributed by atoms with Gasteiger partial charge in [0.05, 0.1) is 6.61 Å². The van der Waals surface area contributed by atoms with Crippen molar-refractivity contribution in [2.75, 3.05) is 13.2 Å². The van der Waals surface area contributed by atoms with Gasteiger partial charge in [-0.25, -0.2) is 4.79 Å². The molecule has 0 radical (unpaired) electrons. The van der Waals surface area contributed by atoms with Crippen molar-refractivity contribution in [3.05, 3.63) is 35.4 Å². The summed E-state index contributed by atoms with van der Waals surface area (Å²) in [7, 11) is 0. The summed E-state index contributed by atoms with van der Waals surface area (Å²) < 4.78 is 5.35. The average molecular weight is 317 g/mol. The fraction of sp³-hybridized carbons (Fsp3) is 0.556. The van der Waals surface area contributed by atoms with Crippen LogP contribution in [0.5, 0.6) is 0 Å². The van der Waals surface area contributed by atoms with Gasteiger partial charge in [0.2, 0.25) is 0 Å². The molecule has 1 saturated carbocycles. The van der Waals surface area contributed by atoms with E-state index < -0.39 is 12.0 Å². The van der Waals surface area contributed by atoms with Gasteiger partial charge in [0.25, 0.3) is 5.91 Å². The minimum absolute atomic E-state index is 0.167. The molecule has 1 aromatic rings. The molecule has 2 atom stereocenters. The number of benzene rings is 1. The zero-order valence-electron chi connectivity index (χ0n) is 13.2. The first-order valence-electron chi connectivity index (χ1n) is 8.36. The predicted octanol–water partition coefficient (Wildman–Crippen LogP) is 2.56. The third-order valence-corrected chi connectivity index (χ3v) is 4.97. The van der Waals surface area contributed by atoms with Gasteiger partial charge in [-0.3, -0.25) is 4.79 Å². The Morgan fingerprint density at radius 2 is 1.87 bits per heavy atom. The van der Waals surface area contributed by atoms with Crippen LogP contribution in [0.4, 0.5) is 0 Å². The number of ether oxygens (including phenoxy) is 1. The Morgan fingerprint density at radius 3 is 2.39 bits per heavy atom. The molecule has 124 valence electrons. The first-order valence-corrected chi connectivity index (χ1v) is 8.36. The molecule has 1 aliphatic carbocycles. The topological polar surface area (TPSA) is 75.6 Å². The van der Waals surface area contributed by atoms with Crippen LogP contribution in [0.2, 0.25) is 0 Å². The molecule has 1 heterocycles. The summed E-state index contributed by atoms with van der Waals surface area (Å²) in [6.07, 6.45) is 5.30. The fourth-order valence-electron chi connectivity index (χ4n) is 3.28. The van der Waals surface area contributed by atoms with Gasteiger partial charge in [0.1, 0.15) is 6.04 Å². The van der Waals surface area contributed by atoms with E-state index in [4.69, 9.17) is 4.74 Å². The molecular weight excluding hydrogens is 294 g/mol. The number of rotatable bonds is 5. The summed E-state index contributed by atoms with van der Waals surface area (Å²) >= 11 is 0. The molecule has 1 amide bonds. The minimum Gasteiger partial charge on any atom is -0.480 e. The third-order valence-electron chi connectivity index (χ3n) is 4.97. The number of carboxylic acid groups (broad SMARTS) is 1. The van der Waals surface area contributed by atoms with Crippen LogP contribution < -0.4 is 5.32 Å². The summed E-state index contributed by atoms with van der Waals surface area (Å²) in [6, 6.07) is 6.66. The van der Waals surface area contributed by atoms with Gasteiger partial charge in [-0.15, -0.1) is 0 Å². The zero-order valence-corrected chi connectivity index (χ0v) is 13.2. The smallest absolute Gasteiger partial charge is 0.326 e. The van der Waals surface area contributed by atoms with Crippen LogP contribution in [-0.2, 0) is 9.53 Å². The molecule has 3 rings (SSSR count). The van der Waals surface area contributed by atoms with Gasteiger partial charge in [-0.1, -0.05) is 18.6 Å². The highest BCUT2D eigenvalue weighted by molar-refractivity contribution is 5.96.